The van der Waals surface area contributed by atoms with E-state index >= 15 is 0 Å². The lowest BCUT2D eigenvalue weighted by atomic mass is 10.0. The Labute approximate surface area is 284 Å². The summed E-state index contributed by atoms with van der Waals surface area (Å²) in [7, 11) is -3.98. The Morgan fingerprint density at radius 1 is 0.959 bits per heavy atom. The van der Waals surface area contributed by atoms with Gasteiger partial charge in [-0.15, -0.1) is 0 Å². The average Bonchev–Trinajstić information content (AvgIpc) is 3.69. The van der Waals surface area contributed by atoms with Crippen LogP contribution in [0, 0.1) is 11.3 Å². The van der Waals surface area contributed by atoms with Crippen molar-refractivity contribution in [1.82, 2.24) is 23.4 Å². The van der Waals surface area contributed by atoms with Gasteiger partial charge in [0, 0.05) is 48.4 Å². The van der Waals surface area contributed by atoms with Crippen LogP contribution in [0.25, 0.3) is 38.8 Å². The first-order chi connectivity index (χ1) is 23.5. The Morgan fingerprint density at radius 2 is 1.69 bits per heavy atom. The SMILES string of the molecule is CC(C)(C)OC(=O)N1CC=C(c2nc(-c3ccc4c(C#N)cn(Cc5ccccc5)c4c3)c3ccn(S(=O)(=O)c4ccccc4)c3n2)CC1. The lowest BCUT2D eigenvalue weighted by Gasteiger charge is -2.29. The normalized spacial score (nSPS) is 13.8. The summed E-state index contributed by atoms with van der Waals surface area (Å²) in [6.07, 6.45) is 5.32. The highest BCUT2D eigenvalue weighted by Gasteiger charge is 2.27. The summed E-state index contributed by atoms with van der Waals surface area (Å²) in [6.45, 7) is 6.76. The van der Waals surface area contributed by atoms with Gasteiger partial charge >= 0.3 is 6.09 Å². The number of amides is 1. The molecular weight excluding hydrogens is 637 g/mol. The second kappa shape index (κ2) is 12.4. The van der Waals surface area contributed by atoms with Crippen molar-refractivity contribution in [3.05, 3.63) is 120 Å². The van der Waals surface area contributed by atoms with Crippen LogP contribution in [0.5, 0.6) is 0 Å². The van der Waals surface area contributed by atoms with Gasteiger partial charge in [0.2, 0.25) is 0 Å². The third kappa shape index (κ3) is 6.19. The summed E-state index contributed by atoms with van der Waals surface area (Å²) in [5.74, 6) is 0.382. The molecule has 246 valence electrons. The predicted molar refractivity (Wildman–Crippen MR) is 188 cm³/mol. The summed E-state index contributed by atoms with van der Waals surface area (Å²) >= 11 is 0. The van der Waals surface area contributed by atoms with Crippen LogP contribution in [0.2, 0.25) is 0 Å². The molecule has 0 unspecified atom stereocenters. The minimum Gasteiger partial charge on any atom is -0.444 e. The minimum atomic E-state index is -3.98. The molecule has 49 heavy (non-hydrogen) atoms. The molecule has 0 N–H and O–H groups in total. The van der Waals surface area contributed by atoms with Crippen molar-refractivity contribution < 1.29 is 17.9 Å². The van der Waals surface area contributed by atoms with Crippen LogP contribution >= 0.6 is 0 Å². The van der Waals surface area contributed by atoms with Gasteiger partial charge in [-0.2, -0.15) is 5.26 Å². The maximum atomic E-state index is 13.9. The van der Waals surface area contributed by atoms with Gasteiger partial charge in [-0.25, -0.2) is 27.2 Å². The topological polar surface area (TPSA) is 123 Å². The number of carbonyl (C=O) groups excluding carboxylic acids is 1. The smallest absolute Gasteiger partial charge is 0.410 e. The molecule has 1 aliphatic heterocycles. The fourth-order valence-electron chi connectivity index (χ4n) is 6.06. The van der Waals surface area contributed by atoms with Crippen molar-refractivity contribution in [1.29, 1.82) is 5.26 Å². The number of hydrogen-bond donors (Lipinski definition) is 0. The maximum absolute atomic E-state index is 13.9. The van der Waals surface area contributed by atoms with E-state index in [-0.39, 0.29) is 10.5 Å². The van der Waals surface area contributed by atoms with Gasteiger partial charge in [-0.05, 0) is 62.6 Å². The minimum absolute atomic E-state index is 0.142. The van der Waals surface area contributed by atoms with Gasteiger partial charge in [0.1, 0.15) is 11.7 Å². The summed E-state index contributed by atoms with van der Waals surface area (Å²) in [5.41, 5.74) is 4.25. The van der Waals surface area contributed by atoms with Crippen LogP contribution in [0.15, 0.2) is 108 Å². The molecule has 0 aliphatic carbocycles. The highest BCUT2D eigenvalue weighted by Crippen LogP contribution is 2.34. The van der Waals surface area contributed by atoms with Crippen LogP contribution in [-0.4, -0.2) is 56.6 Å². The van der Waals surface area contributed by atoms with Gasteiger partial charge in [-0.3, -0.25) is 0 Å². The van der Waals surface area contributed by atoms with E-state index in [1.807, 2.05) is 86.1 Å². The predicted octanol–water partition coefficient (Wildman–Crippen LogP) is 7.23. The highest BCUT2D eigenvalue weighted by atomic mass is 32.2. The number of fused-ring (bicyclic) bond motifs is 2. The van der Waals surface area contributed by atoms with Crippen molar-refractivity contribution in [3.8, 4) is 17.3 Å². The third-order valence-electron chi connectivity index (χ3n) is 8.43. The summed E-state index contributed by atoms with van der Waals surface area (Å²) in [4.78, 5) is 24.4. The van der Waals surface area contributed by atoms with E-state index in [0.29, 0.717) is 48.5 Å². The van der Waals surface area contributed by atoms with E-state index in [1.165, 1.54) is 10.2 Å². The number of carbonyl (C=O) groups is 1. The van der Waals surface area contributed by atoms with Gasteiger partial charge < -0.3 is 14.2 Å². The van der Waals surface area contributed by atoms with E-state index in [0.717, 1.165) is 27.6 Å². The molecule has 10 nitrogen and oxygen atoms in total. The number of nitriles is 1. The molecule has 6 aromatic rings. The van der Waals surface area contributed by atoms with E-state index in [9.17, 15) is 18.5 Å². The zero-order valence-corrected chi connectivity index (χ0v) is 28.2. The number of rotatable bonds is 6. The summed E-state index contributed by atoms with van der Waals surface area (Å²) in [6, 6.07) is 28.1. The van der Waals surface area contributed by atoms with Gasteiger partial charge in [-0.1, -0.05) is 66.7 Å². The molecule has 7 rings (SSSR count). The second-order valence-electron chi connectivity index (χ2n) is 13.0. The number of nitrogens with zero attached hydrogens (tertiary/aromatic N) is 6. The number of hydrogen-bond acceptors (Lipinski definition) is 7. The largest absolute Gasteiger partial charge is 0.444 e. The Balaban J connectivity index is 1.37. The second-order valence-corrected chi connectivity index (χ2v) is 14.8. The highest BCUT2D eigenvalue weighted by molar-refractivity contribution is 7.90. The van der Waals surface area contributed by atoms with E-state index in [4.69, 9.17) is 14.7 Å². The molecule has 0 fully saturated rings. The molecule has 1 amide bonds. The quantitative estimate of drug-likeness (QED) is 0.183. The molecule has 4 heterocycles. The summed E-state index contributed by atoms with van der Waals surface area (Å²) < 4.78 is 36.6. The number of ether oxygens (including phenoxy) is 1. The van der Waals surface area contributed by atoms with Crippen molar-refractivity contribution >= 4 is 43.6 Å². The molecule has 3 aromatic carbocycles. The molecule has 0 saturated heterocycles. The fourth-order valence-corrected chi connectivity index (χ4v) is 7.38. The monoisotopic (exact) mass is 670 g/mol. The maximum Gasteiger partial charge on any atom is 0.410 e. The molecule has 1 aliphatic rings. The van der Waals surface area contributed by atoms with Gasteiger partial charge in [0.25, 0.3) is 10.0 Å². The zero-order chi connectivity index (χ0) is 34.3. The van der Waals surface area contributed by atoms with Gasteiger partial charge in [0.05, 0.1) is 21.7 Å². The average molecular weight is 671 g/mol. The van der Waals surface area contributed by atoms with Crippen LogP contribution < -0.4 is 0 Å². The van der Waals surface area contributed by atoms with Crippen LogP contribution in [-0.2, 0) is 21.3 Å². The molecule has 0 atom stereocenters. The van der Waals surface area contributed by atoms with Crippen molar-refractivity contribution in [2.45, 2.75) is 44.2 Å². The molecular formula is C38H34N6O4S. The first-order valence-electron chi connectivity index (χ1n) is 16.0. The van der Waals surface area contributed by atoms with Crippen LogP contribution in [0.4, 0.5) is 4.79 Å². The fraction of sp³-hybridized carbons (Fsp3) is 0.211. The van der Waals surface area contributed by atoms with Crippen molar-refractivity contribution in [2.24, 2.45) is 0 Å². The lowest BCUT2D eigenvalue weighted by molar-refractivity contribution is 0.0270. The molecule has 11 heteroatoms. The lowest BCUT2D eigenvalue weighted by Crippen LogP contribution is -2.39. The first-order valence-corrected chi connectivity index (χ1v) is 17.4. The van der Waals surface area contributed by atoms with Crippen LogP contribution in [0.1, 0.15) is 44.1 Å². The first kappa shape index (κ1) is 31.8. The summed E-state index contributed by atoms with van der Waals surface area (Å²) in [5, 5.41) is 11.3. The van der Waals surface area contributed by atoms with Gasteiger partial charge in [0.15, 0.2) is 11.5 Å². The number of aromatic nitrogens is 4. The standard InChI is InChI=1S/C38H34N6O4S/c1-38(2,3)48-37(45)42-19-16-27(17-20-42)35-40-34(32-18-21-44(36(32)41-35)49(46,47)30-12-8-5-9-13-30)28-14-15-31-29(23-39)25-43(33(31)22-28)24-26-10-6-4-7-11-26/h4-16,18,21-22,25H,17,19-20,24H2,1-3H3. The van der Waals surface area contributed by atoms with E-state index in [2.05, 4.69) is 6.07 Å². The number of benzene rings is 3. The molecule has 0 bridgehead atoms. The molecule has 0 spiro atoms. The van der Waals surface area contributed by atoms with Crippen LogP contribution in [0.3, 0.4) is 0 Å². The Hall–Kier alpha value is -5.73. The third-order valence-corrected chi connectivity index (χ3v) is 10.1. The zero-order valence-electron chi connectivity index (χ0n) is 27.4. The van der Waals surface area contributed by atoms with E-state index < -0.39 is 21.7 Å². The Bertz CT molecular complexity index is 2400. The molecule has 0 radical (unpaired) electrons. The van der Waals surface area contributed by atoms with E-state index in [1.54, 1.807) is 41.3 Å². The Morgan fingerprint density at radius 3 is 2.37 bits per heavy atom. The van der Waals surface area contributed by atoms with Crippen molar-refractivity contribution in [3.63, 3.8) is 0 Å². The molecule has 3 aromatic heterocycles. The van der Waals surface area contributed by atoms with Crippen molar-refractivity contribution in [2.75, 3.05) is 13.1 Å². The Kier molecular flexibility index (Phi) is 8.04. The molecule has 0 saturated carbocycles.